The fraction of sp³-hybridized carbons (Fsp3) is 0.667. The zero-order chi connectivity index (χ0) is 15.6. The lowest BCUT2D eigenvalue weighted by Crippen LogP contribution is -2.46. The van der Waals surface area contributed by atoms with E-state index >= 15 is 0 Å². The van der Waals surface area contributed by atoms with Gasteiger partial charge in [-0.05, 0) is 18.3 Å². The Labute approximate surface area is 123 Å². The molecule has 0 saturated heterocycles. The third-order valence-corrected chi connectivity index (χ3v) is 4.63. The highest BCUT2D eigenvalue weighted by Gasteiger charge is 2.28. The van der Waals surface area contributed by atoms with Crippen LogP contribution < -0.4 is 16.6 Å². The summed E-state index contributed by atoms with van der Waals surface area (Å²) in [5.74, 6) is 0.866. The van der Waals surface area contributed by atoms with Crippen molar-refractivity contribution in [2.24, 2.45) is 18.9 Å². The van der Waals surface area contributed by atoms with E-state index in [2.05, 4.69) is 19.2 Å². The molecule has 6 nitrogen and oxygen atoms in total. The smallest absolute Gasteiger partial charge is 0.331 e. The molecule has 116 valence electrons. The van der Waals surface area contributed by atoms with Gasteiger partial charge in [-0.3, -0.25) is 18.7 Å². The average molecular weight is 293 g/mol. The quantitative estimate of drug-likeness (QED) is 0.881. The Morgan fingerprint density at radius 3 is 2.76 bits per heavy atom. The predicted molar refractivity (Wildman–Crippen MR) is 80.1 cm³/mol. The molecule has 0 bridgehead atoms. The highest BCUT2D eigenvalue weighted by molar-refractivity contribution is 5.76. The van der Waals surface area contributed by atoms with Gasteiger partial charge < -0.3 is 5.32 Å². The summed E-state index contributed by atoms with van der Waals surface area (Å²) in [6.45, 7) is 4.32. The molecule has 6 heteroatoms. The first-order valence-corrected chi connectivity index (χ1v) is 7.46. The normalized spacial score (nSPS) is 25.6. The van der Waals surface area contributed by atoms with Crippen LogP contribution in [0.3, 0.4) is 0 Å². The van der Waals surface area contributed by atoms with E-state index in [-0.39, 0.29) is 24.1 Å². The third-order valence-electron chi connectivity index (χ3n) is 4.63. The number of rotatable bonds is 3. The van der Waals surface area contributed by atoms with Crippen LogP contribution in [0.2, 0.25) is 0 Å². The first-order valence-electron chi connectivity index (χ1n) is 7.46. The van der Waals surface area contributed by atoms with Crippen molar-refractivity contribution in [2.75, 3.05) is 0 Å². The van der Waals surface area contributed by atoms with Gasteiger partial charge in [0.25, 0.3) is 5.56 Å². The zero-order valence-electron chi connectivity index (χ0n) is 12.8. The van der Waals surface area contributed by atoms with Crippen molar-refractivity contribution in [1.82, 2.24) is 14.5 Å². The van der Waals surface area contributed by atoms with Crippen molar-refractivity contribution >= 4 is 5.91 Å². The predicted octanol–water partition coefficient (Wildman–Crippen LogP) is 0.488. The minimum absolute atomic E-state index is 0.0510. The number of nitrogens with zero attached hydrogens (tertiary/aromatic N) is 2. The van der Waals surface area contributed by atoms with Crippen LogP contribution in [-0.2, 0) is 18.4 Å². The second-order valence-electron chi connectivity index (χ2n) is 6.06. The Morgan fingerprint density at radius 2 is 2.05 bits per heavy atom. The van der Waals surface area contributed by atoms with Crippen LogP contribution in [0.25, 0.3) is 0 Å². The molecule has 0 unspecified atom stereocenters. The Bertz CT molecular complexity index is 632. The van der Waals surface area contributed by atoms with Gasteiger partial charge in [0, 0.05) is 25.4 Å². The van der Waals surface area contributed by atoms with Crippen molar-refractivity contribution in [3.05, 3.63) is 33.1 Å². The highest BCUT2D eigenvalue weighted by atomic mass is 16.2. The molecule has 0 spiro atoms. The van der Waals surface area contributed by atoms with Crippen LogP contribution in [0.5, 0.6) is 0 Å². The topological polar surface area (TPSA) is 73.1 Å². The number of amides is 1. The molecule has 1 saturated carbocycles. The molecule has 3 atom stereocenters. The minimum atomic E-state index is -0.470. The number of nitrogens with one attached hydrogen (secondary N) is 1. The van der Waals surface area contributed by atoms with Crippen molar-refractivity contribution in [2.45, 2.75) is 45.7 Å². The third kappa shape index (κ3) is 3.43. The van der Waals surface area contributed by atoms with Gasteiger partial charge in [-0.2, -0.15) is 0 Å². The molecule has 2 rings (SSSR count). The Kier molecular flexibility index (Phi) is 4.65. The molecule has 1 aromatic heterocycles. The Balaban J connectivity index is 2.04. The average Bonchev–Trinajstić information content (AvgIpc) is 2.45. The van der Waals surface area contributed by atoms with Gasteiger partial charge >= 0.3 is 5.69 Å². The van der Waals surface area contributed by atoms with Gasteiger partial charge in [-0.25, -0.2) is 4.79 Å². The standard InChI is InChI=1S/C15H23N3O3/c1-10-5-4-6-12(11(10)2)16-13(19)9-18-8-7-14(20)17(3)15(18)21/h7-8,10-12H,4-6,9H2,1-3H3,(H,16,19)/t10-,11+,12+/m1/s1. The number of carbonyl (C=O) groups excluding carboxylic acids is 1. The molecule has 1 fully saturated rings. The number of hydrogen-bond donors (Lipinski definition) is 1. The molecule has 1 aromatic rings. The maximum atomic E-state index is 12.1. The second kappa shape index (κ2) is 6.28. The molecule has 1 aliphatic rings. The number of carbonyl (C=O) groups is 1. The summed E-state index contributed by atoms with van der Waals surface area (Å²) >= 11 is 0. The van der Waals surface area contributed by atoms with Gasteiger partial charge in [0.05, 0.1) is 0 Å². The summed E-state index contributed by atoms with van der Waals surface area (Å²) in [4.78, 5) is 35.3. The number of hydrogen-bond acceptors (Lipinski definition) is 3. The van der Waals surface area contributed by atoms with Gasteiger partial charge in [-0.15, -0.1) is 0 Å². The monoisotopic (exact) mass is 293 g/mol. The van der Waals surface area contributed by atoms with E-state index < -0.39 is 5.69 Å². The fourth-order valence-corrected chi connectivity index (χ4v) is 2.93. The van der Waals surface area contributed by atoms with Gasteiger partial charge in [-0.1, -0.05) is 26.7 Å². The molecule has 1 heterocycles. The van der Waals surface area contributed by atoms with E-state index in [1.54, 1.807) is 0 Å². The van der Waals surface area contributed by atoms with E-state index in [9.17, 15) is 14.4 Å². The molecular formula is C15H23N3O3. The summed E-state index contributed by atoms with van der Waals surface area (Å²) in [5, 5.41) is 3.02. The second-order valence-corrected chi connectivity index (χ2v) is 6.06. The summed E-state index contributed by atoms with van der Waals surface area (Å²) in [6, 6.07) is 1.46. The van der Waals surface area contributed by atoms with E-state index in [0.717, 1.165) is 17.4 Å². The highest BCUT2D eigenvalue weighted by Crippen LogP contribution is 2.29. The molecule has 0 aliphatic heterocycles. The van der Waals surface area contributed by atoms with Crippen molar-refractivity contribution < 1.29 is 4.79 Å². The van der Waals surface area contributed by atoms with Crippen molar-refractivity contribution in [3.8, 4) is 0 Å². The van der Waals surface area contributed by atoms with Gasteiger partial charge in [0.15, 0.2) is 0 Å². The van der Waals surface area contributed by atoms with Gasteiger partial charge in [0.1, 0.15) is 6.54 Å². The van der Waals surface area contributed by atoms with Crippen LogP contribution in [-0.4, -0.2) is 21.1 Å². The SMILES string of the molecule is C[C@H]1[C@H](C)CCC[C@@H]1NC(=O)Cn1ccc(=O)n(C)c1=O. The molecule has 21 heavy (non-hydrogen) atoms. The Morgan fingerprint density at radius 1 is 1.33 bits per heavy atom. The zero-order valence-corrected chi connectivity index (χ0v) is 12.8. The van der Waals surface area contributed by atoms with Crippen LogP contribution in [0, 0.1) is 11.8 Å². The van der Waals surface area contributed by atoms with E-state index in [1.807, 2.05) is 0 Å². The van der Waals surface area contributed by atoms with Crippen molar-refractivity contribution in [1.29, 1.82) is 0 Å². The molecule has 1 aliphatic carbocycles. The molecular weight excluding hydrogens is 270 g/mol. The van der Waals surface area contributed by atoms with Crippen LogP contribution in [0.4, 0.5) is 0 Å². The van der Waals surface area contributed by atoms with E-state index in [1.165, 1.54) is 30.3 Å². The van der Waals surface area contributed by atoms with E-state index in [0.29, 0.717) is 11.8 Å². The lowest BCUT2D eigenvalue weighted by atomic mass is 9.78. The molecule has 1 amide bonds. The van der Waals surface area contributed by atoms with Gasteiger partial charge in [0.2, 0.25) is 5.91 Å². The van der Waals surface area contributed by atoms with Crippen molar-refractivity contribution in [3.63, 3.8) is 0 Å². The maximum absolute atomic E-state index is 12.1. The van der Waals surface area contributed by atoms with Crippen LogP contribution in [0.15, 0.2) is 21.9 Å². The Hall–Kier alpha value is -1.85. The first-order chi connectivity index (χ1) is 9.90. The molecule has 0 aromatic carbocycles. The minimum Gasteiger partial charge on any atom is -0.352 e. The van der Waals surface area contributed by atoms with E-state index in [4.69, 9.17) is 0 Å². The summed E-state index contributed by atoms with van der Waals surface area (Å²) in [6.07, 6.45) is 4.68. The number of aromatic nitrogens is 2. The lowest BCUT2D eigenvalue weighted by Gasteiger charge is -2.34. The largest absolute Gasteiger partial charge is 0.352 e. The first kappa shape index (κ1) is 15.5. The molecule has 0 radical (unpaired) electrons. The van der Waals surface area contributed by atoms with Crippen LogP contribution >= 0.6 is 0 Å². The summed E-state index contributed by atoms with van der Waals surface area (Å²) in [7, 11) is 1.41. The maximum Gasteiger partial charge on any atom is 0.331 e. The lowest BCUT2D eigenvalue weighted by molar-refractivity contribution is -0.123. The summed E-state index contributed by atoms with van der Waals surface area (Å²) in [5.41, 5.74) is -0.839. The van der Waals surface area contributed by atoms with Crippen LogP contribution in [0.1, 0.15) is 33.1 Å². The summed E-state index contributed by atoms with van der Waals surface area (Å²) < 4.78 is 2.26. The fourth-order valence-electron chi connectivity index (χ4n) is 2.93. The molecule has 1 N–H and O–H groups in total.